The molecule has 0 spiro atoms. The molecule has 1 saturated carbocycles. The Bertz CT molecular complexity index is 963. The van der Waals surface area contributed by atoms with Gasteiger partial charge in [-0.3, -0.25) is 9.78 Å². The summed E-state index contributed by atoms with van der Waals surface area (Å²) < 4.78 is 2.77. The number of H-pyrrole nitrogens is 1. The molecule has 6 nitrogen and oxygen atoms in total. The van der Waals surface area contributed by atoms with Gasteiger partial charge in [-0.25, -0.2) is 4.68 Å². The summed E-state index contributed by atoms with van der Waals surface area (Å²) in [5.74, 6) is 1.20. The third kappa shape index (κ3) is 2.84. The first-order chi connectivity index (χ1) is 11.5. The highest BCUT2D eigenvalue weighted by molar-refractivity contribution is 9.10. The monoisotopic (exact) mass is 387 g/mol. The maximum atomic E-state index is 12.3. The van der Waals surface area contributed by atoms with E-state index in [2.05, 4.69) is 36.3 Å². The number of hydrogen-bond donors (Lipinski definition) is 2. The molecule has 4 rings (SSSR count). The molecule has 0 atom stereocenters. The fraction of sp³-hybridized carbons (Fsp3) is 0.353. The number of aryl methyl sites for hydroxylation is 2. The molecule has 0 bridgehead atoms. The molecule has 1 fully saturated rings. The third-order valence-corrected chi connectivity index (χ3v) is 4.79. The van der Waals surface area contributed by atoms with Crippen LogP contribution in [-0.2, 0) is 0 Å². The van der Waals surface area contributed by atoms with Crippen LogP contribution >= 0.6 is 15.9 Å². The van der Waals surface area contributed by atoms with Crippen molar-refractivity contribution in [3.63, 3.8) is 0 Å². The van der Waals surface area contributed by atoms with Gasteiger partial charge in [0.05, 0.1) is 5.69 Å². The summed E-state index contributed by atoms with van der Waals surface area (Å²) >= 11 is 3.50. The lowest BCUT2D eigenvalue weighted by atomic mass is 10.1. The van der Waals surface area contributed by atoms with Crippen molar-refractivity contribution >= 4 is 32.9 Å². The molecule has 0 amide bonds. The van der Waals surface area contributed by atoms with Crippen molar-refractivity contribution in [2.45, 2.75) is 26.7 Å². The van der Waals surface area contributed by atoms with E-state index in [0.29, 0.717) is 22.9 Å². The first-order valence-electron chi connectivity index (χ1n) is 8.02. The molecule has 1 aliphatic rings. The van der Waals surface area contributed by atoms with Crippen LogP contribution in [0.25, 0.3) is 16.7 Å². The summed E-state index contributed by atoms with van der Waals surface area (Å²) in [5, 5.41) is 8.22. The fourth-order valence-corrected chi connectivity index (χ4v) is 3.63. The molecule has 7 heteroatoms. The highest BCUT2D eigenvalue weighted by atomic mass is 79.9. The van der Waals surface area contributed by atoms with Crippen LogP contribution < -0.4 is 10.9 Å². The van der Waals surface area contributed by atoms with Gasteiger partial charge >= 0.3 is 0 Å². The van der Waals surface area contributed by atoms with Crippen LogP contribution in [0, 0.1) is 19.8 Å². The number of hydrogen-bond acceptors (Lipinski definition) is 4. The lowest BCUT2D eigenvalue weighted by Crippen LogP contribution is -2.14. The van der Waals surface area contributed by atoms with Crippen LogP contribution in [0.2, 0.25) is 0 Å². The normalized spacial score (nSPS) is 14.3. The van der Waals surface area contributed by atoms with Gasteiger partial charge in [-0.15, -0.1) is 5.10 Å². The molecule has 2 heterocycles. The Morgan fingerprint density at radius 2 is 2.04 bits per heavy atom. The van der Waals surface area contributed by atoms with Crippen LogP contribution in [0.1, 0.15) is 24.0 Å². The van der Waals surface area contributed by atoms with E-state index in [4.69, 9.17) is 0 Å². The minimum Gasteiger partial charge on any atom is -0.355 e. The fourth-order valence-electron chi connectivity index (χ4n) is 2.94. The molecule has 0 saturated heterocycles. The second-order valence-electron chi connectivity index (χ2n) is 6.44. The highest BCUT2D eigenvalue weighted by Gasteiger charge is 2.21. The number of fused-ring (bicyclic) bond motifs is 1. The van der Waals surface area contributed by atoms with Gasteiger partial charge in [-0.1, -0.05) is 15.9 Å². The molecule has 1 aliphatic carbocycles. The predicted molar refractivity (Wildman–Crippen MR) is 97.9 cm³/mol. The summed E-state index contributed by atoms with van der Waals surface area (Å²) in [6.07, 6.45) is 4.24. The average molecular weight is 388 g/mol. The summed E-state index contributed by atoms with van der Waals surface area (Å²) in [4.78, 5) is 19.6. The van der Waals surface area contributed by atoms with E-state index in [9.17, 15) is 4.79 Å². The van der Waals surface area contributed by atoms with E-state index in [-0.39, 0.29) is 5.56 Å². The Balaban J connectivity index is 1.78. The number of aromatic amines is 1. The molecule has 1 aromatic carbocycles. The number of rotatable bonds is 4. The van der Waals surface area contributed by atoms with Crippen LogP contribution in [0.15, 0.2) is 27.6 Å². The summed E-state index contributed by atoms with van der Waals surface area (Å²) in [6, 6.07) is 4.07. The summed E-state index contributed by atoms with van der Waals surface area (Å²) in [6.45, 7) is 4.90. The molecule has 3 aromatic rings. The topological polar surface area (TPSA) is 75.6 Å². The Morgan fingerprint density at radius 3 is 2.71 bits per heavy atom. The van der Waals surface area contributed by atoms with E-state index in [1.54, 1.807) is 10.9 Å². The highest BCUT2D eigenvalue weighted by Crippen LogP contribution is 2.28. The molecule has 0 radical (unpaired) electrons. The first kappa shape index (κ1) is 15.4. The van der Waals surface area contributed by atoms with Crippen LogP contribution in [0.5, 0.6) is 0 Å². The van der Waals surface area contributed by atoms with Crippen molar-refractivity contribution in [2.75, 3.05) is 11.9 Å². The minimum absolute atomic E-state index is 0.169. The summed E-state index contributed by atoms with van der Waals surface area (Å²) in [7, 11) is 0. The van der Waals surface area contributed by atoms with Crippen LogP contribution in [0.4, 0.5) is 5.95 Å². The van der Waals surface area contributed by atoms with E-state index in [1.165, 1.54) is 12.8 Å². The number of anilines is 1. The van der Waals surface area contributed by atoms with Crippen LogP contribution in [0.3, 0.4) is 0 Å². The van der Waals surface area contributed by atoms with E-state index in [1.807, 2.05) is 26.0 Å². The van der Waals surface area contributed by atoms with Gasteiger partial charge in [0, 0.05) is 17.2 Å². The third-order valence-electron chi connectivity index (χ3n) is 4.33. The molecule has 2 aromatic heterocycles. The molecular formula is C17H18BrN5O. The molecule has 0 aliphatic heterocycles. The number of halogens is 1. The van der Waals surface area contributed by atoms with Crippen molar-refractivity contribution in [1.29, 1.82) is 0 Å². The lowest BCUT2D eigenvalue weighted by Gasteiger charge is -2.10. The van der Waals surface area contributed by atoms with Crippen molar-refractivity contribution in [3.8, 4) is 5.69 Å². The van der Waals surface area contributed by atoms with E-state index < -0.39 is 0 Å². The van der Waals surface area contributed by atoms with Gasteiger partial charge in [0.25, 0.3) is 5.56 Å². The number of nitrogens with one attached hydrogen (secondary N) is 2. The first-order valence-corrected chi connectivity index (χ1v) is 8.81. The van der Waals surface area contributed by atoms with Gasteiger partial charge in [-0.2, -0.15) is 4.98 Å². The Morgan fingerprint density at radius 1 is 1.33 bits per heavy atom. The lowest BCUT2D eigenvalue weighted by molar-refractivity contribution is 0.863. The largest absolute Gasteiger partial charge is 0.355 e. The predicted octanol–water partition coefficient (Wildman–Crippen LogP) is 3.31. The Hall–Kier alpha value is -2.15. The van der Waals surface area contributed by atoms with Gasteiger partial charge < -0.3 is 5.32 Å². The molecule has 0 unspecified atom stereocenters. The van der Waals surface area contributed by atoms with Crippen molar-refractivity contribution < 1.29 is 0 Å². The number of nitrogens with zero attached hydrogens (tertiary/aromatic N) is 3. The van der Waals surface area contributed by atoms with Gasteiger partial charge in [0.2, 0.25) is 5.95 Å². The SMILES string of the molecule is Cc1cc(Br)cc(C)c1-n1cc2c(=O)[nH]c(NCC3CC3)nc2n1. The van der Waals surface area contributed by atoms with E-state index in [0.717, 1.165) is 27.8 Å². The van der Waals surface area contributed by atoms with Crippen molar-refractivity contribution in [1.82, 2.24) is 19.7 Å². The Labute approximate surface area is 147 Å². The van der Waals surface area contributed by atoms with Crippen molar-refractivity contribution in [2.24, 2.45) is 5.92 Å². The van der Waals surface area contributed by atoms with E-state index >= 15 is 0 Å². The average Bonchev–Trinajstić information content (AvgIpc) is 3.23. The second kappa shape index (κ2) is 5.73. The van der Waals surface area contributed by atoms with Gasteiger partial charge in [-0.05, 0) is 55.9 Å². The van der Waals surface area contributed by atoms with Gasteiger partial charge in [0.1, 0.15) is 5.39 Å². The smallest absolute Gasteiger partial charge is 0.263 e. The van der Waals surface area contributed by atoms with Gasteiger partial charge in [0.15, 0.2) is 5.65 Å². The zero-order valence-corrected chi connectivity index (χ0v) is 15.1. The second-order valence-corrected chi connectivity index (χ2v) is 7.35. The Kier molecular flexibility index (Phi) is 3.68. The molecule has 2 N–H and O–H groups in total. The van der Waals surface area contributed by atoms with Crippen molar-refractivity contribution in [3.05, 3.63) is 44.3 Å². The molecular weight excluding hydrogens is 370 g/mol. The maximum absolute atomic E-state index is 12.3. The quantitative estimate of drug-likeness (QED) is 0.719. The standard InChI is InChI=1S/C17H18BrN5O/c1-9-5-12(18)6-10(2)14(9)23-8-13-15(22-23)20-17(21-16(13)24)19-7-11-3-4-11/h5-6,8,11H,3-4,7H2,1-2H3,(H2,19,20,21,22,24). The number of benzene rings is 1. The minimum atomic E-state index is -0.169. The molecule has 124 valence electrons. The zero-order valence-electron chi connectivity index (χ0n) is 13.6. The summed E-state index contributed by atoms with van der Waals surface area (Å²) in [5.41, 5.74) is 3.43. The zero-order chi connectivity index (χ0) is 16.8. The molecule has 24 heavy (non-hydrogen) atoms. The maximum Gasteiger partial charge on any atom is 0.263 e. The number of aromatic nitrogens is 4. The van der Waals surface area contributed by atoms with Crippen LogP contribution in [-0.4, -0.2) is 26.3 Å².